The Balaban J connectivity index is 1.80. The summed E-state index contributed by atoms with van der Waals surface area (Å²) in [6, 6.07) is 10.1. The third-order valence-electron chi connectivity index (χ3n) is 5.70. The van der Waals surface area contributed by atoms with Crippen LogP contribution in [0.2, 0.25) is 0 Å². The number of benzene rings is 1. The molecule has 0 radical (unpaired) electrons. The average Bonchev–Trinajstić information content (AvgIpc) is 3.57. The van der Waals surface area contributed by atoms with Crippen molar-refractivity contribution < 1.29 is 9.47 Å². The molecule has 0 aliphatic heterocycles. The second kappa shape index (κ2) is 9.47. The van der Waals surface area contributed by atoms with Gasteiger partial charge in [0.2, 0.25) is 0 Å². The monoisotopic (exact) mass is 489 g/mol. The number of ether oxygens (including phenoxy) is 2. The molecule has 9 nitrogen and oxygen atoms in total. The predicted molar refractivity (Wildman–Crippen MR) is 139 cm³/mol. The molecule has 0 amide bonds. The molecular weight excluding hydrogens is 462 g/mol. The number of hydrogen-bond acceptors (Lipinski definition) is 8. The van der Waals surface area contributed by atoms with Gasteiger partial charge in [-0.2, -0.15) is 5.10 Å². The summed E-state index contributed by atoms with van der Waals surface area (Å²) in [6.45, 7) is 2.61. The highest BCUT2D eigenvalue weighted by atomic mass is 32.1. The number of nitrogens with zero attached hydrogens (tertiary/aromatic N) is 6. The zero-order chi connectivity index (χ0) is 24.5. The van der Waals surface area contributed by atoms with Crippen molar-refractivity contribution >= 4 is 27.4 Å². The van der Waals surface area contributed by atoms with Crippen LogP contribution < -0.4 is 10.1 Å². The van der Waals surface area contributed by atoms with Crippen molar-refractivity contribution in [3.8, 4) is 39.1 Å². The number of fused-ring (bicyclic) bond motifs is 1. The molecule has 4 heterocycles. The molecule has 10 heteroatoms. The number of aromatic nitrogens is 6. The fraction of sp³-hybridized carbons (Fsp3) is 0.280. The van der Waals surface area contributed by atoms with E-state index in [0.29, 0.717) is 18.3 Å². The number of nitrogens with one attached hydrogen (secondary N) is 1. The molecule has 0 spiro atoms. The minimum absolute atomic E-state index is 0.0363. The summed E-state index contributed by atoms with van der Waals surface area (Å²) in [5.41, 5.74) is 2.95. The van der Waals surface area contributed by atoms with Crippen LogP contribution in [0.25, 0.3) is 43.6 Å². The van der Waals surface area contributed by atoms with Crippen molar-refractivity contribution in [2.45, 2.75) is 13.0 Å². The van der Waals surface area contributed by atoms with Crippen LogP contribution in [0.4, 0.5) is 5.82 Å². The van der Waals surface area contributed by atoms with Crippen molar-refractivity contribution in [3.63, 3.8) is 0 Å². The zero-order valence-corrected chi connectivity index (χ0v) is 21.1. The van der Waals surface area contributed by atoms with Crippen molar-refractivity contribution in [1.29, 1.82) is 0 Å². The third kappa shape index (κ3) is 4.38. The van der Waals surface area contributed by atoms with Crippen LogP contribution in [0.3, 0.4) is 0 Å². The van der Waals surface area contributed by atoms with Gasteiger partial charge in [-0.25, -0.2) is 15.0 Å². The van der Waals surface area contributed by atoms with Crippen LogP contribution >= 0.6 is 11.3 Å². The molecule has 1 unspecified atom stereocenters. The molecule has 5 aromatic rings. The van der Waals surface area contributed by atoms with Gasteiger partial charge in [-0.05, 0) is 30.7 Å². The number of hydrogen-bond donors (Lipinski definition) is 1. The number of anilines is 1. The molecule has 4 aromatic heterocycles. The van der Waals surface area contributed by atoms with Gasteiger partial charge in [-0.15, -0.1) is 11.3 Å². The topological polar surface area (TPSA) is 91.9 Å². The number of aryl methyl sites for hydroxylation is 2. The highest BCUT2D eigenvalue weighted by molar-refractivity contribution is 7.22. The van der Waals surface area contributed by atoms with E-state index in [4.69, 9.17) is 24.5 Å². The van der Waals surface area contributed by atoms with Gasteiger partial charge in [0.15, 0.2) is 11.6 Å². The van der Waals surface area contributed by atoms with Gasteiger partial charge in [-0.1, -0.05) is 12.1 Å². The summed E-state index contributed by atoms with van der Waals surface area (Å²) in [4.78, 5) is 16.3. The Morgan fingerprint density at radius 1 is 1.06 bits per heavy atom. The van der Waals surface area contributed by atoms with E-state index in [1.54, 1.807) is 31.8 Å². The number of imidazole rings is 1. The van der Waals surface area contributed by atoms with Crippen molar-refractivity contribution in [1.82, 2.24) is 29.3 Å². The molecular formula is C25H27N7O2S. The Morgan fingerprint density at radius 2 is 1.86 bits per heavy atom. The Hall–Kier alpha value is -3.76. The van der Waals surface area contributed by atoms with E-state index >= 15 is 0 Å². The summed E-state index contributed by atoms with van der Waals surface area (Å²) in [5, 5.41) is 9.20. The highest BCUT2D eigenvalue weighted by Crippen LogP contribution is 2.46. The highest BCUT2D eigenvalue weighted by Gasteiger charge is 2.24. The van der Waals surface area contributed by atoms with E-state index < -0.39 is 0 Å². The quantitative estimate of drug-likeness (QED) is 0.340. The Labute approximate surface area is 207 Å². The van der Waals surface area contributed by atoms with Crippen molar-refractivity contribution in [3.05, 3.63) is 48.9 Å². The normalized spacial score (nSPS) is 12.3. The first-order valence-electron chi connectivity index (χ1n) is 11.2. The van der Waals surface area contributed by atoms with E-state index in [2.05, 4.69) is 29.4 Å². The van der Waals surface area contributed by atoms with E-state index in [0.717, 1.165) is 43.5 Å². The Bertz CT molecular complexity index is 1470. The second-order valence-electron chi connectivity index (χ2n) is 8.35. The molecule has 0 saturated carbocycles. The minimum atomic E-state index is 0.0363. The molecule has 0 fully saturated rings. The van der Waals surface area contributed by atoms with Crippen molar-refractivity contribution in [2.24, 2.45) is 14.1 Å². The average molecular weight is 490 g/mol. The van der Waals surface area contributed by atoms with Crippen LogP contribution in [-0.4, -0.2) is 56.2 Å². The fourth-order valence-corrected chi connectivity index (χ4v) is 5.22. The van der Waals surface area contributed by atoms with Crippen LogP contribution in [0.15, 0.2) is 48.9 Å². The fourth-order valence-electron chi connectivity index (χ4n) is 4.06. The lowest BCUT2D eigenvalue weighted by Gasteiger charge is -2.16. The number of rotatable bonds is 8. The van der Waals surface area contributed by atoms with Crippen LogP contribution in [0.5, 0.6) is 5.75 Å². The van der Waals surface area contributed by atoms with Gasteiger partial charge < -0.3 is 19.4 Å². The van der Waals surface area contributed by atoms with Crippen molar-refractivity contribution in [2.75, 3.05) is 26.1 Å². The van der Waals surface area contributed by atoms with E-state index in [9.17, 15) is 0 Å². The predicted octanol–water partition coefficient (Wildman–Crippen LogP) is 4.61. The standard InChI is InChI=1S/C25H27N7O2S/c1-15(14-33-4)27-22-20-19(16-6-8-17(34-5)9-7-16)21(18-10-12-32(3)30-18)35-25(20)29-23(28-22)24-26-11-13-31(24)2/h6-13,15H,14H2,1-5H3,(H,27,28,29). The van der Waals surface area contributed by atoms with E-state index in [-0.39, 0.29) is 6.04 Å². The van der Waals surface area contributed by atoms with Crippen LogP contribution in [0.1, 0.15) is 6.92 Å². The maximum Gasteiger partial charge on any atom is 0.199 e. The second-order valence-corrected chi connectivity index (χ2v) is 9.35. The molecule has 5 rings (SSSR count). The maximum absolute atomic E-state index is 5.39. The lowest BCUT2D eigenvalue weighted by atomic mass is 10.0. The summed E-state index contributed by atoms with van der Waals surface area (Å²) in [6.07, 6.45) is 5.59. The van der Waals surface area contributed by atoms with Gasteiger partial charge in [0.05, 0.1) is 24.0 Å². The first kappa shape index (κ1) is 23.0. The lowest BCUT2D eigenvalue weighted by molar-refractivity contribution is 0.190. The first-order valence-corrected chi connectivity index (χ1v) is 12.0. The third-order valence-corrected chi connectivity index (χ3v) is 6.80. The Kier molecular flexibility index (Phi) is 6.23. The molecule has 1 atom stereocenters. The summed E-state index contributed by atoms with van der Waals surface area (Å²) in [7, 11) is 7.22. The molecule has 0 bridgehead atoms. The number of thiophene rings is 1. The minimum Gasteiger partial charge on any atom is -0.497 e. The molecule has 180 valence electrons. The lowest BCUT2D eigenvalue weighted by Crippen LogP contribution is -2.22. The Morgan fingerprint density at radius 3 is 2.49 bits per heavy atom. The molecule has 0 aliphatic rings. The number of methoxy groups -OCH3 is 2. The molecule has 0 saturated heterocycles. The first-order chi connectivity index (χ1) is 17.0. The van der Waals surface area contributed by atoms with Gasteiger partial charge >= 0.3 is 0 Å². The van der Waals surface area contributed by atoms with Gasteiger partial charge in [-0.3, -0.25) is 4.68 Å². The summed E-state index contributed by atoms with van der Waals surface area (Å²) in [5.74, 6) is 2.80. The van der Waals surface area contributed by atoms with Crippen LogP contribution in [0, 0.1) is 0 Å². The summed E-state index contributed by atoms with van der Waals surface area (Å²) < 4.78 is 14.5. The van der Waals surface area contributed by atoms with Gasteiger partial charge in [0, 0.05) is 51.4 Å². The van der Waals surface area contributed by atoms with E-state index in [1.807, 2.05) is 53.9 Å². The van der Waals surface area contributed by atoms with E-state index in [1.165, 1.54) is 0 Å². The molecule has 1 N–H and O–H groups in total. The molecule has 1 aromatic carbocycles. The van der Waals surface area contributed by atoms with Gasteiger partial charge in [0.1, 0.15) is 22.1 Å². The molecule has 0 aliphatic carbocycles. The zero-order valence-electron chi connectivity index (χ0n) is 20.3. The SMILES string of the molecule is COCC(C)Nc1nc(-c2nccn2C)nc2sc(-c3ccn(C)n3)c(-c3ccc(OC)cc3)c12. The molecule has 35 heavy (non-hydrogen) atoms. The smallest absolute Gasteiger partial charge is 0.199 e. The largest absolute Gasteiger partial charge is 0.497 e. The van der Waals surface area contributed by atoms with Crippen LogP contribution in [-0.2, 0) is 18.8 Å². The summed E-state index contributed by atoms with van der Waals surface area (Å²) >= 11 is 1.60. The van der Waals surface area contributed by atoms with Gasteiger partial charge in [0.25, 0.3) is 0 Å². The maximum atomic E-state index is 5.39.